The normalized spacial score (nSPS) is 24.6. The first kappa shape index (κ1) is 27.9. The highest BCUT2D eigenvalue weighted by atomic mass is 15.3. The van der Waals surface area contributed by atoms with Crippen molar-refractivity contribution >= 4 is 34.9 Å². The molecule has 0 bridgehead atoms. The molecule has 4 aromatic rings. The largest absolute Gasteiger partial charge is 0.320 e. The molecule has 0 saturated carbocycles. The van der Waals surface area contributed by atoms with Gasteiger partial charge in [0.1, 0.15) is 5.84 Å². The van der Waals surface area contributed by atoms with Crippen LogP contribution in [0.3, 0.4) is 0 Å². The summed E-state index contributed by atoms with van der Waals surface area (Å²) in [6, 6.07) is 29.0. The number of hydrogen-bond acceptors (Lipinski definition) is 2. The fourth-order valence-corrected chi connectivity index (χ4v) is 9.19. The van der Waals surface area contributed by atoms with Crippen molar-refractivity contribution in [3.05, 3.63) is 161 Å². The molecule has 2 aliphatic heterocycles. The average Bonchev–Trinajstić information content (AvgIpc) is 3.57. The van der Waals surface area contributed by atoms with E-state index in [1.54, 1.807) is 5.57 Å². The minimum atomic E-state index is 0.103. The van der Waals surface area contributed by atoms with Gasteiger partial charge < -0.3 is 9.47 Å². The lowest BCUT2D eigenvalue weighted by Crippen LogP contribution is -2.44. The number of para-hydroxylation sites is 1. The number of rotatable bonds is 3. The molecule has 0 radical (unpaired) electrons. The third kappa shape index (κ3) is 4.23. The van der Waals surface area contributed by atoms with Crippen molar-refractivity contribution in [2.45, 2.75) is 51.1 Å². The number of allylic oxidation sites excluding steroid dienone is 9. The summed E-state index contributed by atoms with van der Waals surface area (Å²) >= 11 is 0. The van der Waals surface area contributed by atoms with Gasteiger partial charge in [-0.25, -0.2) is 0 Å². The predicted molar refractivity (Wildman–Crippen MR) is 201 cm³/mol. The van der Waals surface area contributed by atoms with Crippen LogP contribution in [0.25, 0.3) is 34.5 Å². The molecule has 1 aromatic heterocycles. The third-order valence-corrected chi connectivity index (χ3v) is 11.5. The van der Waals surface area contributed by atoms with Crippen molar-refractivity contribution in [3.63, 3.8) is 0 Å². The van der Waals surface area contributed by atoms with Gasteiger partial charge in [-0.05, 0) is 90.1 Å². The summed E-state index contributed by atoms with van der Waals surface area (Å²) in [5.41, 5.74) is 16.4. The fraction of sp³-hybridized carbons (Fsp3) is 0.222. The minimum Gasteiger partial charge on any atom is -0.320 e. The first-order valence-electron chi connectivity index (χ1n) is 17.7. The quantitative estimate of drug-likeness (QED) is 0.223. The lowest BCUT2D eigenvalue weighted by molar-refractivity contribution is 0.486. The Bertz CT molecular complexity index is 2200. The van der Waals surface area contributed by atoms with Gasteiger partial charge in [0, 0.05) is 34.1 Å². The van der Waals surface area contributed by atoms with Crippen LogP contribution in [0.4, 0.5) is 5.69 Å². The van der Waals surface area contributed by atoms with Gasteiger partial charge >= 0.3 is 0 Å². The number of aromatic nitrogens is 1. The first-order valence-corrected chi connectivity index (χ1v) is 17.7. The van der Waals surface area contributed by atoms with E-state index in [-0.39, 0.29) is 6.04 Å². The second-order valence-electron chi connectivity index (χ2n) is 14.2. The minimum absolute atomic E-state index is 0.103. The van der Waals surface area contributed by atoms with Gasteiger partial charge in [-0.3, -0.25) is 4.99 Å². The molecule has 3 unspecified atom stereocenters. The molecule has 0 fully saturated rings. The van der Waals surface area contributed by atoms with E-state index in [9.17, 15) is 0 Å². The molecule has 10 rings (SSSR count). The Hall–Kier alpha value is -5.15. The Balaban J connectivity index is 1.11. The summed E-state index contributed by atoms with van der Waals surface area (Å²) in [7, 11) is 0. The number of benzene rings is 3. The highest BCUT2D eigenvalue weighted by Gasteiger charge is 2.45. The molecule has 0 N–H and O–H groups in total. The Morgan fingerprint density at radius 3 is 2.44 bits per heavy atom. The van der Waals surface area contributed by atoms with Crippen LogP contribution < -0.4 is 4.90 Å². The van der Waals surface area contributed by atoms with Crippen LogP contribution >= 0.6 is 0 Å². The first-order chi connectivity index (χ1) is 23.7. The maximum atomic E-state index is 5.53. The third-order valence-electron chi connectivity index (χ3n) is 11.5. The highest BCUT2D eigenvalue weighted by molar-refractivity contribution is 6.20. The summed E-state index contributed by atoms with van der Waals surface area (Å²) in [5.74, 6) is 1.97. The topological polar surface area (TPSA) is 20.5 Å². The average molecular weight is 622 g/mol. The van der Waals surface area contributed by atoms with Crippen LogP contribution in [0.5, 0.6) is 0 Å². The molecular formula is C45H39N3. The van der Waals surface area contributed by atoms with Crippen LogP contribution in [0, 0.1) is 11.8 Å². The van der Waals surface area contributed by atoms with Crippen molar-refractivity contribution in [3.8, 4) is 11.1 Å². The monoisotopic (exact) mass is 621 g/mol. The van der Waals surface area contributed by atoms with E-state index in [4.69, 9.17) is 4.99 Å². The number of hydrogen-bond donors (Lipinski definition) is 0. The molecule has 0 saturated heterocycles. The molecule has 3 nitrogen and oxygen atoms in total. The van der Waals surface area contributed by atoms with E-state index in [1.807, 2.05) is 0 Å². The number of amidine groups is 1. The van der Waals surface area contributed by atoms with E-state index in [2.05, 4.69) is 150 Å². The number of fused-ring (bicyclic) bond motifs is 11. The summed E-state index contributed by atoms with van der Waals surface area (Å²) in [4.78, 5) is 8.09. The smallest absolute Gasteiger partial charge is 0.137 e. The number of nitrogens with zero attached hydrogens (tertiary/aromatic N) is 3. The standard InChI is InChI=1S/C45H39N3/c1-29-26-44-39(46-45-37-18-9-8-16-34(37)35-17-10-11-19-40(35)48(44)45)28-43(29)47-41-24-21-32(30-12-4-2-5-13-30)20-23-36(41)38-27-33(22-25-42(38)47)31-14-6-3-7-15-31/h2-6,8-14,16-22,24-25,28-29,33,39,44H,7,15,23,26-27H2,1H3/t29-,33?,39?,44?/m1/s1. The van der Waals surface area contributed by atoms with Crippen molar-refractivity contribution in [1.82, 2.24) is 4.57 Å². The molecule has 3 heteroatoms. The zero-order valence-corrected chi connectivity index (χ0v) is 27.4. The van der Waals surface area contributed by atoms with Crippen LogP contribution in [0.15, 0.2) is 132 Å². The molecule has 48 heavy (non-hydrogen) atoms. The summed E-state index contributed by atoms with van der Waals surface area (Å²) in [6.45, 7) is 2.44. The maximum absolute atomic E-state index is 5.53. The predicted octanol–water partition coefficient (Wildman–Crippen LogP) is 10.2. The van der Waals surface area contributed by atoms with E-state index in [0.29, 0.717) is 17.9 Å². The molecule has 6 aliphatic rings. The Labute approximate surface area is 283 Å². The molecule has 4 aliphatic carbocycles. The van der Waals surface area contributed by atoms with Crippen LogP contribution in [-0.2, 0) is 12.8 Å². The maximum Gasteiger partial charge on any atom is 0.137 e. The Morgan fingerprint density at radius 2 is 1.58 bits per heavy atom. The van der Waals surface area contributed by atoms with E-state index in [1.165, 1.54) is 61.7 Å². The lowest BCUT2D eigenvalue weighted by atomic mass is 9.82. The van der Waals surface area contributed by atoms with Gasteiger partial charge in [0.25, 0.3) is 0 Å². The van der Waals surface area contributed by atoms with Crippen LogP contribution in [0.1, 0.15) is 59.8 Å². The van der Waals surface area contributed by atoms with Gasteiger partial charge in [0.2, 0.25) is 0 Å². The number of aliphatic imine (C=N–C) groups is 1. The highest BCUT2D eigenvalue weighted by Crippen LogP contribution is 2.48. The SMILES string of the molecule is C[C@@H]1CC2C(C=C1n1c3c(c4c1C=CC(C1=CC=CCC1)C4)CC=C(c1ccccc1)C=C3)N=C1c3ccccc3-c3ccccc3N12. The summed E-state index contributed by atoms with van der Waals surface area (Å²) < 4.78 is 2.63. The zero-order chi connectivity index (χ0) is 31.8. The van der Waals surface area contributed by atoms with E-state index >= 15 is 0 Å². The molecule has 3 aromatic carbocycles. The second-order valence-corrected chi connectivity index (χ2v) is 14.2. The van der Waals surface area contributed by atoms with Gasteiger partial charge in [-0.15, -0.1) is 0 Å². The van der Waals surface area contributed by atoms with Gasteiger partial charge in [0.15, 0.2) is 0 Å². The molecule has 3 heterocycles. The van der Waals surface area contributed by atoms with Gasteiger partial charge in [0.05, 0.1) is 17.8 Å². The van der Waals surface area contributed by atoms with E-state index < -0.39 is 0 Å². The summed E-state index contributed by atoms with van der Waals surface area (Å²) in [6.07, 6.45) is 27.0. The second kappa shape index (κ2) is 11.0. The van der Waals surface area contributed by atoms with Crippen molar-refractivity contribution in [2.75, 3.05) is 4.90 Å². The van der Waals surface area contributed by atoms with Gasteiger partial charge in [-0.2, -0.15) is 0 Å². The number of anilines is 1. The van der Waals surface area contributed by atoms with Crippen LogP contribution in [-0.4, -0.2) is 22.5 Å². The van der Waals surface area contributed by atoms with E-state index in [0.717, 1.165) is 37.9 Å². The van der Waals surface area contributed by atoms with Crippen molar-refractivity contribution in [1.29, 1.82) is 0 Å². The van der Waals surface area contributed by atoms with Crippen LogP contribution in [0.2, 0.25) is 0 Å². The molecule has 0 amide bonds. The Kier molecular flexibility index (Phi) is 6.37. The lowest BCUT2D eigenvalue weighted by Gasteiger charge is -2.39. The van der Waals surface area contributed by atoms with Crippen molar-refractivity contribution < 1.29 is 0 Å². The summed E-state index contributed by atoms with van der Waals surface area (Å²) in [5, 5.41) is 0. The van der Waals surface area contributed by atoms with Gasteiger partial charge in [-0.1, -0.05) is 122 Å². The van der Waals surface area contributed by atoms with Crippen molar-refractivity contribution in [2.24, 2.45) is 16.8 Å². The molecule has 234 valence electrons. The fourth-order valence-electron chi connectivity index (χ4n) is 9.19. The Morgan fingerprint density at radius 1 is 0.792 bits per heavy atom. The molecule has 4 atom stereocenters. The zero-order valence-electron chi connectivity index (χ0n) is 27.4. The molecular weight excluding hydrogens is 583 g/mol. The molecule has 0 spiro atoms.